The average Bonchev–Trinajstić information content (AvgIpc) is 3.81. The van der Waals surface area contributed by atoms with Crippen LogP contribution in [-0.4, -0.2) is 72.0 Å². The lowest BCUT2D eigenvalue weighted by atomic mass is 10.2. The van der Waals surface area contributed by atoms with Crippen LogP contribution in [0, 0.1) is 0 Å². The summed E-state index contributed by atoms with van der Waals surface area (Å²) in [5.74, 6) is 1.24. The van der Waals surface area contributed by atoms with Crippen LogP contribution in [0.3, 0.4) is 0 Å². The summed E-state index contributed by atoms with van der Waals surface area (Å²) < 4.78 is 8.49. The van der Waals surface area contributed by atoms with Gasteiger partial charge in [0, 0.05) is 25.3 Å². The predicted octanol–water partition coefficient (Wildman–Crippen LogP) is 3.14. The molecule has 2 aromatic carbocycles. The van der Waals surface area contributed by atoms with E-state index < -0.39 is 11.9 Å². The van der Waals surface area contributed by atoms with E-state index in [2.05, 4.69) is 31.9 Å². The van der Waals surface area contributed by atoms with Gasteiger partial charge in [0.25, 0.3) is 0 Å². The standard InChI is InChI=1S/C30H31N9O3/c1-36(20-13-14-20)15-7-12-25(40)37(2)21-8-6-9-22(16-21)38-28-26(27(31)34-19-35-28)39(30(38)41)29-32-17-24(18-33-29)42-23-10-4-3-5-11-23/h3-12,16-20,25,40H,13-15H2,1-2H3,(H2,31,34,35)/b12-7+. The van der Waals surface area contributed by atoms with E-state index in [1.54, 1.807) is 30.2 Å². The van der Waals surface area contributed by atoms with Gasteiger partial charge in [0.05, 0.1) is 18.1 Å². The minimum Gasteiger partial charge on any atom is -0.454 e. The topological polar surface area (TPSA) is 140 Å². The number of anilines is 2. The van der Waals surface area contributed by atoms with Crippen molar-refractivity contribution in [2.75, 3.05) is 31.3 Å². The molecule has 1 saturated carbocycles. The molecule has 3 heterocycles. The third-order valence-corrected chi connectivity index (χ3v) is 7.21. The fourth-order valence-electron chi connectivity index (χ4n) is 4.71. The highest BCUT2D eigenvalue weighted by atomic mass is 16.5. The Morgan fingerprint density at radius 2 is 1.79 bits per heavy atom. The fourth-order valence-corrected chi connectivity index (χ4v) is 4.71. The zero-order valence-electron chi connectivity index (χ0n) is 23.3. The van der Waals surface area contributed by atoms with Gasteiger partial charge in [-0.15, -0.1) is 0 Å². The van der Waals surface area contributed by atoms with Gasteiger partial charge >= 0.3 is 5.69 Å². The van der Waals surface area contributed by atoms with Gasteiger partial charge in [-0.2, -0.15) is 0 Å². The van der Waals surface area contributed by atoms with E-state index in [1.165, 1.54) is 40.7 Å². The first-order valence-electron chi connectivity index (χ1n) is 13.6. The Kier molecular flexibility index (Phi) is 7.38. The largest absolute Gasteiger partial charge is 0.454 e. The van der Waals surface area contributed by atoms with Crippen molar-refractivity contribution < 1.29 is 9.84 Å². The third-order valence-electron chi connectivity index (χ3n) is 7.21. The Bertz CT molecular complexity index is 1780. The van der Waals surface area contributed by atoms with Gasteiger partial charge in [0.15, 0.2) is 17.2 Å². The molecule has 0 spiro atoms. The number of aliphatic hydroxyl groups excluding tert-OH is 1. The second kappa shape index (κ2) is 11.4. The van der Waals surface area contributed by atoms with Crippen molar-refractivity contribution in [2.24, 2.45) is 0 Å². The molecule has 3 aromatic heterocycles. The lowest BCUT2D eigenvalue weighted by Gasteiger charge is -2.24. The monoisotopic (exact) mass is 565 g/mol. The van der Waals surface area contributed by atoms with Crippen molar-refractivity contribution in [1.82, 2.24) is 34.0 Å². The van der Waals surface area contributed by atoms with E-state index in [4.69, 9.17) is 10.5 Å². The third kappa shape index (κ3) is 5.45. The first kappa shape index (κ1) is 27.1. The number of fused-ring (bicyclic) bond motifs is 1. The van der Waals surface area contributed by atoms with Crippen LogP contribution < -0.4 is 21.1 Å². The van der Waals surface area contributed by atoms with Crippen LogP contribution in [0.1, 0.15) is 12.8 Å². The zero-order chi connectivity index (χ0) is 29.2. The Labute approximate surface area is 242 Å². The smallest absolute Gasteiger partial charge is 0.342 e. The van der Waals surface area contributed by atoms with Crippen LogP contribution >= 0.6 is 0 Å². The Balaban J connectivity index is 1.32. The zero-order valence-corrected chi connectivity index (χ0v) is 23.3. The number of rotatable bonds is 10. The fraction of sp³-hybridized carbons (Fsp3) is 0.233. The quantitative estimate of drug-likeness (QED) is 0.192. The van der Waals surface area contributed by atoms with Gasteiger partial charge in [-0.05, 0) is 56.3 Å². The summed E-state index contributed by atoms with van der Waals surface area (Å²) in [7, 11) is 3.88. The maximum Gasteiger partial charge on any atom is 0.342 e. The SMILES string of the molecule is CN(C/C=C/C(O)N(C)c1cccc(-n2c(=O)n(-c3ncc(Oc4ccccc4)cn3)c3c(N)ncnc32)c1)C1CC1. The Hall–Kier alpha value is -5.07. The van der Waals surface area contributed by atoms with Crippen LogP contribution in [0.15, 0.2) is 90.3 Å². The lowest BCUT2D eigenvalue weighted by molar-refractivity contribution is 0.222. The second-order valence-electron chi connectivity index (χ2n) is 10.2. The normalized spacial score (nSPS) is 14.1. The number of likely N-dealkylation sites (N-methyl/N-ethyl adjacent to an activating group) is 2. The van der Waals surface area contributed by atoms with Crippen LogP contribution in [0.25, 0.3) is 22.8 Å². The average molecular weight is 566 g/mol. The van der Waals surface area contributed by atoms with Crippen molar-refractivity contribution >= 4 is 22.7 Å². The number of hydrogen-bond donors (Lipinski definition) is 2. The van der Waals surface area contributed by atoms with Crippen molar-refractivity contribution in [3.8, 4) is 23.1 Å². The molecule has 6 rings (SSSR count). The Morgan fingerprint density at radius 1 is 1.02 bits per heavy atom. The molecule has 0 saturated heterocycles. The minimum atomic E-state index is -0.853. The molecule has 12 heteroatoms. The summed E-state index contributed by atoms with van der Waals surface area (Å²) in [5, 5.41) is 10.8. The van der Waals surface area contributed by atoms with Crippen molar-refractivity contribution in [2.45, 2.75) is 25.1 Å². The highest BCUT2D eigenvalue weighted by Crippen LogP contribution is 2.26. The maximum absolute atomic E-state index is 13.9. The van der Waals surface area contributed by atoms with Gasteiger partial charge in [0.2, 0.25) is 5.95 Å². The summed E-state index contributed by atoms with van der Waals surface area (Å²) in [5.41, 5.74) is 7.57. The molecule has 42 heavy (non-hydrogen) atoms. The molecular weight excluding hydrogens is 534 g/mol. The predicted molar refractivity (Wildman–Crippen MR) is 160 cm³/mol. The van der Waals surface area contributed by atoms with E-state index in [0.717, 1.165) is 6.54 Å². The van der Waals surface area contributed by atoms with Gasteiger partial charge in [-0.1, -0.05) is 30.3 Å². The number of aromatic nitrogens is 6. The molecule has 0 amide bonds. The van der Waals surface area contributed by atoms with E-state index in [9.17, 15) is 9.90 Å². The molecule has 5 aromatic rings. The van der Waals surface area contributed by atoms with Crippen LogP contribution in [0.4, 0.5) is 11.5 Å². The number of nitrogens with two attached hydrogens (primary N) is 1. The Morgan fingerprint density at radius 3 is 2.52 bits per heavy atom. The summed E-state index contributed by atoms with van der Waals surface area (Å²) in [4.78, 5) is 35.1. The molecule has 1 aliphatic rings. The van der Waals surface area contributed by atoms with E-state index in [-0.39, 0.29) is 17.3 Å². The van der Waals surface area contributed by atoms with E-state index >= 15 is 0 Å². The molecule has 1 aliphatic carbocycles. The second-order valence-corrected chi connectivity index (χ2v) is 10.2. The number of nitrogens with zero attached hydrogens (tertiary/aromatic N) is 8. The lowest BCUT2D eigenvalue weighted by Crippen LogP contribution is -2.30. The molecule has 1 unspecified atom stereocenters. The molecular formula is C30H31N9O3. The minimum absolute atomic E-state index is 0.0932. The van der Waals surface area contributed by atoms with Crippen LogP contribution in [-0.2, 0) is 0 Å². The number of aliphatic hydroxyl groups is 1. The van der Waals surface area contributed by atoms with Crippen molar-refractivity contribution in [3.05, 3.63) is 96.0 Å². The molecule has 1 fully saturated rings. The van der Waals surface area contributed by atoms with E-state index in [0.29, 0.717) is 34.6 Å². The van der Waals surface area contributed by atoms with Gasteiger partial charge in [0.1, 0.15) is 23.8 Å². The first-order chi connectivity index (χ1) is 20.4. The van der Waals surface area contributed by atoms with Crippen LogP contribution in [0.2, 0.25) is 0 Å². The number of ether oxygens (including phenoxy) is 1. The molecule has 3 N–H and O–H groups in total. The summed E-state index contributed by atoms with van der Waals surface area (Å²) in [6.07, 6.45) is 9.61. The summed E-state index contributed by atoms with van der Waals surface area (Å²) in [6, 6.07) is 17.2. The molecule has 12 nitrogen and oxygen atoms in total. The van der Waals surface area contributed by atoms with Crippen LogP contribution in [0.5, 0.6) is 11.5 Å². The van der Waals surface area contributed by atoms with Gasteiger partial charge in [-0.25, -0.2) is 33.9 Å². The van der Waals surface area contributed by atoms with Gasteiger partial charge < -0.3 is 20.5 Å². The molecule has 1 atom stereocenters. The highest BCUT2D eigenvalue weighted by Gasteiger charge is 2.25. The first-order valence-corrected chi connectivity index (χ1v) is 13.6. The van der Waals surface area contributed by atoms with E-state index in [1.807, 2.05) is 48.5 Å². The molecule has 0 bridgehead atoms. The summed E-state index contributed by atoms with van der Waals surface area (Å²) >= 11 is 0. The molecule has 0 radical (unpaired) electrons. The molecule has 0 aliphatic heterocycles. The number of hydrogen-bond acceptors (Lipinski definition) is 10. The maximum atomic E-state index is 13.9. The number of imidazole rings is 1. The van der Waals surface area contributed by atoms with Gasteiger partial charge in [-0.3, -0.25) is 4.90 Å². The van der Waals surface area contributed by atoms with Crippen molar-refractivity contribution in [1.29, 1.82) is 0 Å². The number of para-hydroxylation sites is 1. The highest BCUT2D eigenvalue weighted by molar-refractivity contribution is 5.85. The number of benzene rings is 2. The van der Waals surface area contributed by atoms with Crippen molar-refractivity contribution in [3.63, 3.8) is 0 Å². The summed E-state index contributed by atoms with van der Waals surface area (Å²) in [6.45, 7) is 0.771. The number of nitrogen functional groups attached to an aromatic ring is 1. The molecule has 214 valence electrons.